The molecule has 2 heterocycles. The van der Waals surface area contributed by atoms with Crippen LogP contribution in [0.1, 0.15) is 46.3 Å². The molecule has 4 N–H and O–H groups in total. The Balaban J connectivity index is 1.39. The molecular weight excluding hydrogens is 380 g/mol. The van der Waals surface area contributed by atoms with Crippen molar-refractivity contribution in [2.75, 3.05) is 11.9 Å². The Labute approximate surface area is 175 Å². The number of aryl methyl sites for hydroxylation is 1. The Morgan fingerprint density at radius 2 is 1.83 bits per heavy atom. The van der Waals surface area contributed by atoms with Gasteiger partial charge in [-0.3, -0.25) is 19.7 Å². The predicted octanol–water partition coefficient (Wildman–Crippen LogP) is 1.95. The van der Waals surface area contributed by atoms with E-state index in [2.05, 4.69) is 34.9 Å². The molecule has 7 heteroatoms. The van der Waals surface area contributed by atoms with Gasteiger partial charge in [0.2, 0.25) is 11.8 Å². The van der Waals surface area contributed by atoms with E-state index < -0.39 is 6.04 Å². The van der Waals surface area contributed by atoms with Gasteiger partial charge in [-0.1, -0.05) is 24.3 Å². The molecular formula is C23H26N4O3. The number of fused-ring (bicyclic) bond motifs is 1. The van der Waals surface area contributed by atoms with Gasteiger partial charge >= 0.3 is 0 Å². The van der Waals surface area contributed by atoms with E-state index in [1.807, 2.05) is 18.2 Å². The van der Waals surface area contributed by atoms with Gasteiger partial charge in [0.15, 0.2) is 0 Å². The number of hydrogen-bond acceptors (Lipinski definition) is 5. The summed E-state index contributed by atoms with van der Waals surface area (Å²) in [4.78, 5) is 37.9. The molecule has 1 saturated heterocycles. The predicted molar refractivity (Wildman–Crippen MR) is 114 cm³/mol. The van der Waals surface area contributed by atoms with Crippen molar-refractivity contribution < 1.29 is 14.4 Å². The zero-order valence-corrected chi connectivity index (χ0v) is 16.8. The minimum atomic E-state index is -0.582. The van der Waals surface area contributed by atoms with Crippen LogP contribution in [0, 0.1) is 0 Å². The van der Waals surface area contributed by atoms with Crippen LogP contribution in [0.2, 0.25) is 0 Å². The summed E-state index contributed by atoms with van der Waals surface area (Å²) in [6, 6.07) is 13.5. The van der Waals surface area contributed by atoms with Crippen LogP contribution < -0.4 is 16.4 Å². The van der Waals surface area contributed by atoms with Crippen molar-refractivity contribution >= 4 is 23.4 Å². The molecule has 3 amide bonds. The van der Waals surface area contributed by atoms with Gasteiger partial charge in [-0.05, 0) is 60.7 Å². The first-order valence-corrected chi connectivity index (χ1v) is 10.3. The third-order valence-electron chi connectivity index (χ3n) is 5.71. The second kappa shape index (κ2) is 8.67. The lowest BCUT2D eigenvalue weighted by Crippen LogP contribution is -2.52. The first-order chi connectivity index (χ1) is 14.5. The summed E-state index contributed by atoms with van der Waals surface area (Å²) >= 11 is 0. The molecule has 0 aliphatic carbocycles. The minimum Gasteiger partial charge on any atom is -0.381 e. The Bertz CT molecular complexity index is 971. The molecule has 2 aliphatic heterocycles. The number of nitrogens with one attached hydrogen (secondary N) is 2. The molecule has 1 fully saturated rings. The monoisotopic (exact) mass is 406 g/mol. The number of carbonyl (C=O) groups is 3. The van der Waals surface area contributed by atoms with Crippen molar-refractivity contribution in [2.24, 2.45) is 5.73 Å². The van der Waals surface area contributed by atoms with Crippen LogP contribution in [0.25, 0.3) is 0 Å². The van der Waals surface area contributed by atoms with Gasteiger partial charge in [-0.25, -0.2) is 0 Å². The molecule has 1 atom stereocenters. The highest BCUT2D eigenvalue weighted by molar-refractivity contribution is 6.05. The van der Waals surface area contributed by atoms with E-state index in [0.717, 1.165) is 29.7 Å². The number of nitrogens with two attached hydrogens (primary N) is 1. The van der Waals surface area contributed by atoms with E-state index in [4.69, 9.17) is 5.73 Å². The molecule has 30 heavy (non-hydrogen) atoms. The van der Waals surface area contributed by atoms with Crippen molar-refractivity contribution in [3.8, 4) is 0 Å². The number of piperidine rings is 1. The average Bonchev–Trinajstić information content (AvgIpc) is 3.07. The maximum Gasteiger partial charge on any atom is 0.255 e. The maximum absolute atomic E-state index is 12.8. The van der Waals surface area contributed by atoms with Crippen LogP contribution in [0.5, 0.6) is 0 Å². The fraction of sp³-hybridized carbons (Fsp3) is 0.348. The smallest absolute Gasteiger partial charge is 0.255 e. The molecule has 4 rings (SSSR count). The molecule has 0 radical (unpaired) electrons. The molecule has 2 aliphatic rings. The molecule has 0 saturated carbocycles. The second-order valence-corrected chi connectivity index (χ2v) is 7.83. The van der Waals surface area contributed by atoms with Gasteiger partial charge in [0.05, 0.1) is 0 Å². The van der Waals surface area contributed by atoms with Crippen LogP contribution in [0.3, 0.4) is 0 Å². The highest BCUT2D eigenvalue weighted by atomic mass is 16.2. The normalized spacial score (nSPS) is 18.4. The summed E-state index contributed by atoms with van der Waals surface area (Å²) in [6.07, 6.45) is 2.60. The van der Waals surface area contributed by atoms with Crippen molar-refractivity contribution in [3.63, 3.8) is 0 Å². The largest absolute Gasteiger partial charge is 0.381 e. The molecule has 2 aromatic carbocycles. The molecule has 7 nitrogen and oxygen atoms in total. The van der Waals surface area contributed by atoms with Crippen molar-refractivity contribution in [3.05, 3.63) is 64.7 Å². The first-order valence-electron chi connectivity index (χ1n) is 10.3. The molecule has 0 aromatic heterocycles. The summed E-state index contributed by atoms with van der Waals surface area (Å²) in [5.41, 5.74) is 10.5. The first kappa shape index (κ1) is 20.1. The summed E-state index contributed by atoms with van der Waals surface area (Å²) in [6.45, 7) is 1.73. The summed E-state index contributed by atoms with van der Waals surface area (Å²) < 4.78 is 0. The summed E-state index contributed by atoms with van der Waals surface area (Å²) in [7, 11) is 0. The Morgan fingerprint density at radius 1 is 1.07 bits per heavy atom. The molecule has 2 aromatic rings. The number of hydrogen-bond donors (Lipinski definition) is 3. The number of anilines is 1. The molecule has 0 bridgehead atoms. The SMILES string of the molecule is NCCCc1ccc(NCc2ccc3c(c2)CN(C2CCC(=O)NC2=O)C3=O)cc1. The fourth-order valence-corrected chi connectivity index (χ4v) is 4.04. The van der Waals surface area contributed by atoms with Crippen LogP contribution in [-0.4, -0.2) is 35.2 Å². The zero-order chi connectivity index (χ0) is 21.1. The minimum absolute atomic E-state index is 0.146. The van der Waals surface area contributed by atoms with Crippen LogP contribution in [0.15, 0.2) is 42.5 Å². The lowest BCUT2D eigenvalue weighted by molar-refractivity contribution is -0.136. The topological polar surface area (TPSA) is 105 Å². The number of benzene rings is 2. The number of imide groups is 1. The number of nitrogens with zero attached hydrogens (tertiary/aromatic N) is 1. The van der Waals surface area contributed by atoms with Gasteiger partial charge in [0, 0.05) is 30.8 Å². The molecule has 1 unspecified atom stereocenters. The second-order valence-electron chi connectivity index (χ2n) is 7.83. The third-order valence-corrected chi connectivity index (χ3v) is 5.71. The molecule has 156 valence electrons. The van der Waals surface area contributed by atoms with Crippen molar-refractivity contribution in [2.45, 2.75) is 44.8 Å². The van der Waals surface area contributed by atoms with Crippen molar-refractivity contribution in [1.29, 1.82) is 0 Å². The van der Waals surface area contributed by atoms with Crippen LogP contribution in [0.4, 0.5) is 5.69 Å². The van der Waals surface area contributed by atoms with Crippen molar-refractivity contribution in [1.82, 2.24) is 10.2 Å². The van der Waals surface area contributed by atoms with Gasteiger partial charge in [-0.15, -0.1) is 0 Å². The lowest BCUT2D eigenvalue weighted by Gasteiger charge is -2.29. The van der Waals surface area contributed by atoms with E-state index in [0.29, 0.717) is 31.6 Å². The van der Waals surface area contributed by atoms with Crippen LogP contribution in [-0.2, 0) is 29.1 Å². The summed E-state index contributed by atoms with van der Waals surface area (Å²) in [5, 5.41) is 5.74. The molecule has 0 spiro atoms. The number of amides is 3. The van der Waals surface area contributed by atoms with Crippen LogP contribution >= 0.6 is 0 Å². The quantitative estimate of drug-likeness (QED) is 0.610. The van der Waals surface area contributed by atoms with Gasteiger partial charge in [-0.2, -0.15) is 0 Å². The van der Waals surface area contributed by atoms with E-state index in [9.17, 15) is 14.4 Å². The van der Waals surface area contributed by atoms with Gasteiger partial charge in [0.25, 0.3) is 5.91 Å². The maximum atomic E-state index is 12.8. The zero-order valence-electron chi connectivity index (χ0n) is 16.8. The number of rotatable bonds is 7. The van der Waals surface area contributed by atoms with E-state index in [1.165, 1.54) is 5.56 Å². The lowest BCUT2D eigenvalue weighted by atomic mass is 10.0. The highest BCUT2D eigenvalue weighted by Crippen LogP contribution is 2.28. The van der Waals surface area contributed by atoms with Gasteiger partial charge in [0.1, 0.15) is 6.04 Å². The van der Waals surface area contributed by atoms with E-state index in [-0.39, 0.29) is 24.1 Å². The number of carbonyl (C=O) groups excluding carboxylic acids is 3. The fourth-order valence-electron chi connectivity index (χ4n) is 4.04. The summed E-state index contributed by atoms with van der Waals surface area (Å²) in [5.74, 6) is -0.808. The average molecular weight is 406 g/mol. The Hall–Kier alpha value is -3.19. The highest BCUT2D eigenvalue weighted by Gasteiger charge is 2.38. The van der Waals surface area contributed by atoms with E-state index >= 15 is 0 Å². The van der Waals surface area contributed by atoms with Gasteiger partial charge < -0.3 is 16.0 Å². The third kappa shape index (κ3) is 4.21. The standard InChI is InChI=1S/C23H26N4O3/c24-11-1-2-15-3-6-18(7-4-15)25-13-16-5-8-19-17(12-16)14-27(23(19)30)20-9-10-21(28)26-22(20)29/h3-8,12,20,25H,1-2,9-11,13-14,24H2,(H,26,28,29). The van der Waals surface area contributed by atoms with E-state index in [1.54, 1.807) is 4.90 Å². The Morgan fingerprint density at radius 3 is 2.57 bits per heavy atom. The Kier molecular flexibility index (Phi) is 5.81.